The first-order chi connectivity index (χ1) is 10.4. The van der Waals surface area contributed by atoms with Gasteiger partial charge in [0, 0.05) is 18.1 Å². The van der Waals surface area contributed by atoms with Gasteiger partial charge in [0.15, 0.2) is 0 Å². The second-order valence-electron chi connectivity index (χ2n) is 5.06. The number of aryl methyl sites for hydroxylation is 2. The summed E-state index contributed by atoms with van der Waals surface area (Å²) in [6.45, 7) is 5.24. The third-order valence-electron chi connectivity index (χ3n) is 3.56. The minimum absolute atomic E-state index is 0.0106. The van der Waals surface area contributed by atoms with Crippen LogP contribution < -0.4 is 5.32 Å². The van der Waals surface area contributed by atoms with Crippen LogP contribution >= 0.6 is 0 Å². The van der Waals surface area contributed by atoms with Gasteiger partial charge in [-0.1, -0.05) is 11.2 Å². The summed E-state index contributed by atoms with van der Waals surface area (Å²) >= 11 is 0. The van der Waals surface area contributed by atoms with Gasteiger partial charge in [0.2, 0.25) is 5.91 Å². The van der Waals surface area contributed by atoms with Crippen molar-refractivity contribution in [2.24, 2.45) is 0 Å². The summed E-state index contributed by atoms with van der Waals surface area (Å²) in [5.41, 5.74) is 2.59. The quantitative estimate of drug-likeness (QED) is 0.676. The summed E-state index contributed by atoms with van der Waals surface area (Å²) in [4.78, 5) is 22.5. The van der Waals surface area contributed by atoms with Gasteiger partial charge < -0.3 is 9.84 Å². The van der Waals surface area contributed by atoms with E-state index in [1.807, 2.05) is 6.92 Å². The molecule has 0 fully saturated rings. The molecular formula is C15H17N3O4. The van der Waals surface area contributed by atoms with Crippen molar-refractivity contribution in [1.29, 1.82) is 0 Å². The average Bonchev–Trinajstić information content (AvgIpc) is 2.78. The molecule has 0 aliphatic heterocycles. The van der Waals surface area contributed by atoms with Crippen molar-refractivity contribution in [3.63, 3.8) is 0 Å². The zero-order valence-corrected chi connectivity index (χ0v) is 12.7. The lowest BCUT2D eigenvalue weighted by atomic mass is 10.1. The number of nitrogens with one attached hydrogen (secondary N) is 1. The van der Waals surface area contributed by atoms with Crippen molar-refractivity contribution in [2.45, 2.75) is 33.6 Å². The molecule has 7 heteroatoms. The van der Waals surface area contributed by atoms with E-state index in [0.29, 0.717) is 23.4 Å². The maximum absolute atomic E-state index is 12.0. The molecule has 2 rings (SSSR count). The van der Waals surface area contributed by atoms with E-state index < -0.39 is 4.92 Å². The first-order valence-electron chi connectivity index (χ1n) is 6.85. The highest BCUT2D eigenvalue weighted by Crippen LogP contribution is 2.25. The van der Waals surface area contributed by atoms with Crippen molar-refractivity contribution in [2.75, 3.05) is 5.32 Å². The van der Waals surface area contributed by atoms with Crippen LogP contribution in [-0.4, -0.2) is 16.0 Å². The Morgan fingerprint density at radius 3 is 2.68 bits per heavy atom. The molecule has 1 N–H and O–H groups in total. The van der Waals surface area contributed by atoms with Crippen LogP contribution in [0.3, 0.4) is 0 Å². The highest BCUT2D eigenvalue weighted by Gasteiger charge is 2.16. The summed E-state index contributed by atoms with van der Waals surface area (Å²) in [7, 11) is 0. The number of hydrogen-bond acceptors (Lipinski definition) is 5. The van der Waals surface area contributed by atoms with Crippen molar-refractivity contribution in [3.8, 4) is 0 Å². The fourth-order valence-corrected chi connectivity index (χ4v) is 2.27. The molecule has 0 bridgehead atoms. The lowest BCUT2D eigenvalue weighted by molar-refractivity contribution is -0.385. The lowest BCUT2D eigenvalue weighted by Crippen LogP contribution is -2.14. The van der Waals surface area contributed by atoms with Gasteiger partial charge in [-0.05, 0) is 33.3 Å². The van der Waals surface area contributed by atoms with Gasteiger partial charge in [-0.15, -0.1) is 0 Å². The SMILES string of the molecule is Cc1noc(C)c1CCC(=O)Nc1cccc([N+](=O)[O-])c1C. The highest BCUT2D eigenvalue weighted by molar-refractivity contribution is 5.92. The first-order valence-corrected chi connectivity index (χ1v) is 6.85. The van der Waals surface area contributed by atoms with Gasteiger partial charge in [-0.2, -0.15) is 0 Å². The molecule has 0 saturated heterocycles. The number of rotatable bonds is 5. The second kappa shape index (κ2) is 6.38. The van der Waals surface area contributed by atoms with E-state index in [2.05, 4.69) is 10.5 Å². The average molecular weight is 303 g/mol. The Morgan fingerprint density at radius 1 is 1.36 bits per heavy atom. The van der Waals surface area contributed by atoms with E-state index in [0.717, 1.165) is 11.3 Å². The smallest absolute Gasteiger partial charge is 0.274 e. The molecule has 116 valence electrons. The molecule has 0 aliphatic carbocycles. The Bertz CT molecular complexity index is 702. The standard InChI is InChI=1S/C15H17N3O4/c1-9-13(5-4-6-14(9)18(20)21)16-15(19)8-7-12-10(2)17-22-11(12)3/h4-6H,7-8H2,1-3H3,(H,16,19). The van der Waals surface area contributed by atoms with Crippen LogP contribution in [-0.2, 0) is 11.2 Å². The van der Waals surface area contributed by atoms with Crippen LogP contribution in [0.1, 0.15) is 29.0 Å². The Morgan fingerprint density at radius 2 is 2.09 bits per heavy atom. The zero-order chi connectivity index (χ0) is 16.3. The van der Waals surface area contributed by atoms with Crippen molar-refractivity contribution in [3.05, 3.63) is 50.9 Å². The molecule has 0 saturated carbocycles. The topological polar surface area (TPSA) is 98.3 Å². The fourth-order valence-electron chi connectivity index (χ4n) is 2.27. The molecule has 22 heavy (non-hydrogen) atoms. The van der Waals surface area contributed by atoms with Crippen LogP contribution in [0.4, 0.5) is 11.4 Å². The van der Waals surface area contributed by atoms with Crippen LogP contribution in [0.5, 0.6) is 0 Å². The maximum atomic E-state index is 12.0. The molecule has 0 unspecified atom stereocenters. The minimum Gasteiger partial charge on any atom is -0.361 e. The first kappa shape index (κ1) is 15.7. The monoisotopic (exact) mass is 303 g/mol. The molecule has 0 spiro atoms. The van der Waals surface area contributed by atoms with Crippen LogP contribution in [0, 0.1) is 30.9 Å². The van der Waals surface area contributed by atoms with E-state index in [4.69, 9.17) is 4.52 Å². The van der Waals surface area contributed by atoms with Gasteiger partial charge >= 0.3 is 0 Å². The highest BCUT2D eigenvalue weighted by atomic mass is 16.6. The Hall–Kier alpha value is -2.70. The largest absolute Gasteiger partial charge is 0.361 e. The number of benzene rings is 1. The number of anilines is 1. The zero-order valence-electron chi connectivity index (χ0n) is 12.7. The van der Waals surface area contributed by atoms with Crippen molar-refractivity contribution in [1.82, 2.24) is 5.16 Å². The van der Waals surface area contributed by atoms with E-state index in [-0.39, 0.29) is 18.0 Å². The molecule has 0 aliphatic rings. The van der Waals surface area contributed by atoms with Gasteiger partial charge in [0.25, 0.3) is 5.69 Å². The van der Waals surface area contributed by atoms with Crippen LogP contribution in [0.15, 0.2) is 22.7 Å². The summed E-state index contributed by atoms with van der Waals surface area (Å²) in [5, 5.41) is 17.4. The number of hydrogen-bond donors (Lipinski definition) is 1. The number of nitro groups is 1. The predicted octanol–water partition coefficient (Wildman–Crippen LogP) is 3.08. The van der Waals surface area contributed by atoms with Gasteiger partial charge in [-0.25, -0.2) is 0 Å². The minimum atomic E-state index is -0.463. The van der Waals surface area contributed by atoms with E-state index in [1.54, 1.807) is 26.0 Å². The van der Waals surface area contributed by atoms with Crippen LogP contribution in [0.2, 0.25) is 0 Å². The molecule has 2 aromatic rings. The van der Waals surface area contributed by atoms with Crippen molar-refractivity contribution < 1.29 is 14.2 Å². The molecule has 1 heterocycles. The second-order valence-corrected chi connectivity index (χ2v) is 5.06. The Balaban J connectivity index is 2.04. The summed E-state index contributed by atoms with van der Waals surface area (Å²) in [6.07, 6.45) is 0.770. The van der Waals surface area contributed by atoms with Gasteiger partial charge in [-0.3, -0.25) is 14.9 Å². The molecule has 1 amide bonds. The Kier molecular flexibility index (Phi) is 4.55. The van der Waals surface area contributed by atoms with E-state index >= 15 is 0 Å². The Labute approximate surface area is 127 Å². The molecule has 0 atom stereocenters. The van der Waals surface area contributed by atoms with Crippen molar-refractivity contribution >= 4 is 17.3 Å². The fraction of sp³-hybridized carbons (Fsp3) is 0.333. The summed E-state index contributed by atoms with van der Waals surface area (Å²) in [6, 6.07) is 4.61. The lowest BCUT2D eigenvalue weighted by Gasteiger charge is -2.08. The number of aromatic nitrogens is 1. The molecule has 7 nitrogen and oxygen atoms in total. The molecular weight excluding hydrogens is 286 g/mol. The maximum Gasteiger partial charge on any atom is 0.274 e. The number of carbonyl (C=O) groups is 1. The number of nitro benzene ring substituents is 1. The van der Waals surface area contributed by atoms with E-state index in [1.165, 1.54) is 6.07 Å². The summed E-state index contributed by atoms with van der Waals surface area (Å²) < 4.78 is 5.05. The van der Waals surface area contributed by atoms with Crippen LogP contribution in [0.25, 0.3) is 0 Å². The molecule has 0 radical (unpaired) electrons. The van der Waals surface area contributed by atoms with E-state index in [9.17, 15) is 14.9 Å². The number of amides is 1. The number of carbonyl (C=O) groups excluding carboxylic acids is 1. The third-order valence-corrected chi connectivity index (χ3v) is 3.56. The summed E-state index contributed by atoms with van der Waals surface area (Å²) in [5.74, 6) is 0.500. The van der Waals surface area contributed by atoms with Gasteiger partial charge in [0.1, 0.15) is 5.76 Å². The van der Waals surface area contributed by atoms with Gasteiger partial charge in [0.05, 0.1) is 21.9 Å². The predicted molar refractivity (Wildman–Crippen MR) is 80.8 cm³/mol. The number of nitrogens with zero attached hydrogens (tertiary/aromatic N) is 2. The normalized spacial score (nSPS) is 10.5. The third kappa shape index (κ3) is 3.30. The molecule has 1 aromatic carbocycles. The molecule has 1 aromatic heterocycles.